The molecule has 0 bridgehead atoms. The number of amides is 1. The number of benzene rings is 1. The van der Waals surface area contributed by atoms with Gasteiger partial charge in [-0.05, 0) is 35.0 Å². The first-order valence-corrected chi connectivity index (χ1v) is 6.04. The first-order chi connectivity index (χ1) is 8.49. The van der Waals surface area contributed by atoms with E-state index in [4.69, 9.17) is 5.11 Å². The number of rotatable bonds is 4. The Kier molecular flexibility index (Phi) is 5.30. The highest BCUT2D eigenvalue weighted by Gasteiger charge is 2.22. The van der Waals surface area contributed by atoms with Crippen LogP contribution in [0.4, 0.5) is 0 Å². The van der Waals surface area contributed by atoms with E-state index in [1.54, 1.807) is 12.1 Å². The van der Waals surface area contributed by atoms with Crippen molar-refractivity contribution in [2.24, 2.45) is 0 Å². The molecule has 5 nitrogen and oxygen atoms in total. The van der Waals surface area contributed by atoms with E-state index in [1.165, 1.54) is 7.11 Å². The van der Waals surface area contributed by atoms with E-state index in [2.05, 4.69) is 26.0 Å². The molecule has 1 rings (SSSR count). The fourth-order valence-corrected chi connectivity index (χ4v) is 1.80. The van der Waals surface area contributed by atoms with E-state index in [1.807, 2.05) is 13.0 Å². The Bertz CT molecular complexity index is 461. The molecule has 0 saturated carbocycles. The van der Waals surface area contributed by atoms with Gasteiger partial charge in [0.1, 0.15) is 0 Å². The van der Waals surface area contributed by atoms with Crippen molar-refractivity contribution in [2.45, 2.75) is 13.0 Å². The molecule has 1 atom stereocenters. The molecule has 18 heavy (non-hydrogen) atoms. The van der Waals surface area contributed by atoms with Crippen LogP contribution in [-0.4, -0.2) is 36.7 Å². The fourth-order valence-electron chi connectivity index (χ4n) is 1.37. The van der Waals surface area contributed by atoms with Crippen molar-refractivity contribution < 1.29 is 19.4 Å². The van der Waals surface area contributed by atoms with Gasteiger partial charge in [0.05, 0.1) is 19.3 Å². The first-order valence-electron chi connectivity index (χ1n) is 5.25. The molecule has 98 valence electrons. The Balaban J connectivity index is 2.87. The molecule has 2 N–H and O–H groups in total. The van der Waals surface area contributed by atoms with Crippen LogP contribution in [-0.2, 0) is 9.53 Å². The van der Waals surface area contributed by atoms with Crippen LogP contribution in [0.1, 0.15) is 15.9 Å². The quantitative estimate of drug-likeness (QED) is 0.813. The summed E-state index contributed by atoms with van der Waals surface area (Å²) in [6.45, 7) is 1.34. The number of ether oxygens (including phenoxy) is 1. The van der Waals surface area contributed by atoms with Crippen LogP contribution in [0.2, 0.25) is 0 Å². The number of carbonyl (C=O) groups excluding carboxylic acids is 2. The van der Waals surface area contributed by atoms with Gasteiger partial charge in [0.25, 0.3) is 5.91 Å². The molecule has 1 unspecified atom stereocenters. The zero-order chi connectivity index (χ0) is 13.7. The number of hydrogen-bond donors (Lipinski definition) is 2. The predicted octanol–water partition coefficient (Wildman–Crippen LogP) is 1.02. The Morgan fingerprint density at radius 1 is 1.50 bits per heavy atom. The lowest BCUT2D eigenvalue weighted by atomic mass is 10.1. The van der Waals surface area contributed by atoms with Crippen molar-refractivity contribution in [1.82, 2.24) is 5.32 Å². The summed E-state index contributed by atoms with van der Waals surface area (Å²) in [5, 5.41) is 11.4. The van der Waals surface area contributed by atoms with Crippen LogP contribution < -0.4 is 5.32 Å². The summed E-state index contributed by atoms with van der Waals surface area (Å²) < 4.78 is 5.09. The number of halogens is 1. The minimum atomic E-state index is -1.06. The van der Waals surface area contributed by atoms with E-state index >= 15 is 0 Å². The monoisotopic (exact) mass is 315 g/mol. The van der Waals surface area contributed by atoms with Gasteiger partial charge in [-0.2, -0.15) is 0 Å². The van der Waals surface area contributed by atoms with Gasteiger partial charge in [-0.1, -0.05) is 11.6 Å². The van der Waals surface area contributed by atoms with E-state index in [9.17, 15) is 9.59 Å². The van der Waals surface area contributed by atoms with E-state index in [-0.39, 0.29) is 0 Å². The van der Waals surface area contributed by atoms with Gasteiger partial charge < -0.3 is 15.2 Å². The summed E-state index contributed by atoms with van der Waals surface area (Å²) in [6, 6.07) is 4.22. The third-order valence-electron chi connectivity index (χ3n) is 2.34. The van der Waals surface area contributed by atoms with Crippen LogP contribution in [0.25, 0.3) is 0 Å². The Morgan fingerprint density at radius 2 is 2.17 bits per heavy atom. The molecule has 0 spiro atoms. The molecule has 0 fully saturated rings. The van der Waals surface area contributed by atoms with Crippen molar-refractivity contribution >= 4 is 27.8 Å². The molecule has 6 heteroatoms. The molecule has 0 heterocycles. The van der Waals surface area contributed by atoms with Crippen LogP contribution in [0.15, 0.2) is 22.7 Å². The molecule has 0 aliphatic rings. The normalized spacial score (nSPS) is 11.8. The van der Waals surface area contributed by atoms with Crippen molar-refractivity contribution in [1.29, 1.82) is 0 Å². The highest BCUT2D eigenvalue weighted by Crippen LogP contribution is 2.18. The topological polar surface area (TPSA) is 75.6 Å². The SMILES string of the molecule is COC(=O)C(CO)NC(=O)c1cc(C)ccc1Br. The molecule has 0 aliphatic carbocycles. The average molecular weight is 316 g/mol. The predicted molar refractivity (Wildman–Crippen MR) is 69.2 cm³/mol. The highest BCUT2D eigenvalue weighted by molar-refractivity contribution is 9.10. The number of nitrogens with one attached hydrogen (secondary N) is 1. The van der Waals surface area contributed by atoms with E-state index in [0.29, 0.717) is 10.0 Å². The average Bonchev–Trinajstić information content (AvgIpc) is 2.37. The van der Waals surface area contributed by atoms with E-state index < -0.39 is 24.5 Å². The summed E-state index contributed by atoms with van der Waals surface area (Å²) in [6.07, 6.45) is 0. The first kappa shape index (κ1) is 14.7. The maximum absolute atomic E-state index is 11.9. The van der Waals surface area contributed by atoms with Crippen molar-refractivity contribution in [3.05, 3.63) is 33.8 Å². The standard InChI is InChI=1S/C12H14BrNO4/c1-7-3-4-9(13)8(5-7)11(16)14-10(6-15)12(17)18-2/h3-5,10,15H,6H2,1-2H3,(H,14,16). The fraction of sp³-hybridized carbons (Fsp3) is 0.333. The second kappa shape index (κ2) is 6.51. The number of methoxy groups -OCH3 is 1. The lowest BCUT2D eigenvalue weighted by Crippen LogP contribution is -2.44. The summed E-state index contributed by atoms with van der Waals surface area (Å²) in [5.41, 5.74) is 1.32. The number of esters is 1. The Morgan fingerprint density at radius 3 is 2.72 bits per heavy atom. The van der Waals surface area contributed by atoms with Crippen molar-refractivity contribution in [3.63, 3.8) is 0 Å². The molecule has 1 aromatic carbocycles. The smallest absolute Gasteiger partial charge is 0.330 e. The maximum atomic E-state index is 11.9. The van der Waals surface area contributed by atoms with Crippen LogP contribution >= 0.6 is 15.9 Å². The van der Waals surface area contributed by atoms with Crippen molar-refractivity contribution in [3.8, 4) is 0 Å². The van der Waals surface area contributed by atoms with Gasteiger partial charge in [0.15, 0.2) is 6.04 Å². The Hall–Kier alpha value is -1.40. The van der Waals surface area contributed by atoms with Crippen molar-refractivity contribution in [2.75, 3.05) is 13.7 Å². The zero-order valence-corrected chi connectivity index (χ0v) is 11.7. The number of aliphatic hydroxyl groups excluding tert-OH is 1. The summed E-state index contributed by atoms with van der Waals surface area (Å²) in [4.78, 5) is 23.2. The summed E-state index contributed by atoms with van der Waals surface area (Å²) in [7, 11) is 1.19. The van der Waals surface area contributed by atoms with Gasteiger partial charge in [-0.25, -0.2) is 4.79 Å². The highest BCUT2D eigenvalue weighted by atomic mass is 79.9. The molecule has 0 aliphatic heterocycles. The molecule has 0 aromatic heterocycles. The molecule has 1 amide bonds. The minimum absolute atomic E-state index is 0.400. The second-order valence-corrected chi connectivity index (χ2v) is 4.57. The molecule has 1 aromatic rings. The molecule has 0 saturated heterocycles. The molecular weight excluding hydrogens is 302 g/mol. The second-order valence-electron chi connectivity index (χ2n) is 3.72. The zero-order valence-electron chi connectivity index (χ0n) is 10.1. The lowest BCUT2D eigenvalue weighted by Gasteiger charge is -2.14. The molecular formula is C12H14BrNO4. The number of aryl methyl sites for hydroxylation is 1. The maximum Gasteiger partial charge on any atom is 0.330 e. The van der Waals surface area contributed by atoms with Gasteiger partial charge in [-0.15, -0.1) is 0 Å². The summed E-state index contributed by atoms with van der Waals surface area (Å²) >= 11 is 3.26. The van der Waals surface area contributed by atoms with Gasteiger partial charge in [-0.3, -0.25) is 4.79 Å². The lowest BCUT2D eigenvalue weighted by molar-refractivity contribution is -0.143. The third kappa shape index (κ3) is 3.54. The van der Waals surface area contributed by atoms with Crippen LogP contribution in [0, 0.1) is 6.92 Å². The number of aliphatic hydroxyl groups is 1. The minimum Gasteiger partial charge on any atom is -0.467 e. The Labute approximate surface area is 113 Å². The van der Waals surface area contributed by atoms with Crippen LogP contribution in [0.3, 0.4) is 0 Å². The van der Waals surface area contributed by atoms with Crippen LogP contribution in [0.5, 0.6) is 0 Å². The van der Waals surface area contributed by atoms with Gasteiger partial charge in [0, 0.05) is 4.47 Å². The molecule has 0 radical (unpaired) electrons. The number of carbonyl (C=O) groups is 2. The number of hydrogen-bond acceptors (Lipinski definition) is 4. The largest absolute Gasteiger partial charge is 0.467 e. The third-order valence-corrected chi connectivity index (χ3v) is 3.03. The summed E-state index contributed by atoms with van der Waals surface area (Å²) in [5.74, 6) is -1.13. The van der Waals surface area contributed by atoms with Gasteiger partial charge in [0.2, 0.25) is 0 Å². The van der Waals surface area contributed by atoms with Gasteiger partial charge >= 0.3 is 5.97 Å². The van der Waals surface area contributed by atoms with E-state index in [0.717, 1.165) is 5.56 Å².